The Morgan fingerprint density at radius 2 is 1.34 bits per heavy atom. The summed E-state index contributed by atoms with van der Waals surface area (Å²) in [5.74, 6) is -2.88. The third-order valence-electron chi connectivity index (χ3n) is 5.55. The number of nitrogens with one attached hydrogen (secondary N) is 1. The van der Waals surface area contributed by atoms with Crippen molar-refractivity contribution in [2.45, 2.75) is 25.7 Å². The summed E-state index contributed by atoms with van der Waals surface area (Å²) in [5.41, 5.74) is 8.04. The number of carbonyl (C=O) groups excluding carboxylic acids is 4. The van der Waals surface area contributed by atoms with E-state index in [9.17, 15) is 24.0 Å². The van der Waals surface area contributed by atoms with E-state index in [1.807, 2.05) is 30.3 Å². The molecule has 0 aliphatic heterocycles. The zero-order valence-electron chi connectivity index (χ0n) is 21.9. The van der Waals surface area contributed by atoms with Gasteiger partial charge in [0.05, 0.1) is 12.6 Å². The summed E-state index contributed by atoms with van der Waals surface area (Å²) < 4.78 is 15.2. The van der Waals surface area contributed by atoms with E-state index in [2.05, 4.69) is 5.32 Å². The molecule has 214 valence electrons. The Balaban J connectivity index is 1.44. The molecule has 1 unspecified atom stereocenters. The molecule has 0 saturated heterocycles. The topological polar surface area (TPSA) is 175 Å². The van der Waals surface area contributed by atoms with Crippen LogP contribution < -0.4 is 15.8 Å². The number of aliphatic carboxylic acids is 1. The number of hydrogen-bond donors (Lipinski definition) is 3. The smallest absolute Gasteiger partial charge is 0.480 e. The number of carbonyl (C=O) groups is 5. The van der Waals surface area contributed by atoms with E-state index in [0.29, 0.717) is 16.0 Å². The van der Waals surface area contributed by atoms with E-state index < -0.39 is 49.2 Å². The van der Waals surface area contributed by atoms with Crippen LogP contribution >= 0.6 is 0 Å². The number of nitrogens with zero attached hydrogens (tertiary/aromatic N) is 1. The lowest BCUT2D eigenvalue weighted by Gasteiger charge is -2.19. The van der Waals surface area contributed by atoms with Crippen LogP contribution in [0.5, 0.6) is 5.75 Å². The Labute approximate surface area is 235 Å². The molecule has 12 heteroatoms. The predicted octanol–water partition coefficient (Wildman–Crippen LogP) is 2.64. The van der Waals surface area contributed by atoms with Crippen LogP contribution in [0.2, 0.25) is 0 Å². The molecule has 0 radical (unpaired) electrons. The lowest BCUT2D eigenvalue weighted by atomic mass is 10.1. The summed E-state index contributed by atoms with van der Waals surface area (Å²) in [4.78, 5) is 60.8. The highest BCUT2D eigenvalue weighted by atomic mass is 16.7. The minimum atomic E-state index is -1.44. The second-order valence-electron chi connectivity index (χ2n) is 8.71. The molecule has 3 rings (SSSR count). The Bertz CT molecular complexity index is 1330. The van der Waals surface area contributed by atoms with Gasteiger partial charge < -0.3 is 30.4 Å². The second kappa shape index (κ2) is 15.4. The molecular weight excluding hydrogens is 534 g/mol. The summed E-state index contributed by atoms with van der Waals surface area (Å²) in [5, 5.41) is 11.4. The molecule has 0 heterocycles. The van der Waals surface area contributed by atoms with Crippen molar-refractivity contribution in [2.24, 2.45) is 5.73 Å². The number of hydrogen-bond acceptors (Lipinski definition) is 9. The molecule has 0 fully saturated rings. The van der Waals surface area contributed by atoms with Crippen LogP contribution in [-0.4, -0.2) is 59.2 Å². The Morgan fingerprint density at radius 1 is 0.780 bits per heavy atom. The van der Waals surface area contributed by atoms with Gasteiger partial charge in [-0.1, -0.05) is 72.8 Å². The van der Waals surface area contributed by atoms with Crippen molar-refractivity contribution in [2.75, 3.05) is 13.1 Å². The van der Waals surface area contributed by atoms with Crippen LogP contribution in [0.25, 0.3) is 0 Å². The molecule has 1 atom stereocenters. The van der Waals surface area contributed by atoms with Crippen molar-refractivity contribution < 1.29 is 43.3 Å². The molecule has 0 aromatic heterocycles. The van der Waals surface area contributed by atoms with Gasteiger partial charge >= 0.3 is 18.2 Å². The summed E-state index contributed by atoms with van der Waals surface area (Å²) in [6.07, 6.45) is -1.95. The third-order valence-corrected chi connectivity index (χ3v) is 5.55. The average molecular weight is 564 g/mol. The van der Waals surface area contributed by atoms with Gasteiger partial charge in [0.25, 0.3) is 5.91 Å². The third kappa shape index (κ3) is 10.5. The summed E-state index contributed by atoms with van der Waals surface area (Å²) in [7, 11) is 0. The largest absolute Gasteiger partial charge is 0.514 e. The van der Waals surface area contributed by atoms with Crippen LogP contribution in [0, 0.1) is 0 Å². The van der Waals surface area contributed by atoms with Crippen LogP contribution in [0.1, 0.15) is 16.7 Å². The fraction of sp³-hybridized carbons (Fsp3) is 0.207. The number of rotatable bonds is 12. The van der Waals surface area contributed by atoms with Gasteiger partial charge in [-0.25, -0.2) is 14.5 Å². The first-order chi connectivity index (χ1) is 19.7. The number of benzene rings is 3. The van der Waals surface area contributed by atoms with Crippen molar-refractivity contribution >= 4 is 30.0 Å². The molecule has 0 aliphatic rings. The maximum absolute atomic E-state index is 12.5. The number of carboxylic acid groups (broad SMARTS) is 1. The first kappa shape index (κ1) is 30.3. The van der Waals surface area contributed by atoms with Crippen molar-refractivity contribution in [3.05, 3.63) is 102 Å². The average Bonchev–Trinajstić information content (AvgIpc) is 2.98. The van der Waals surface area contributed by atoms with Crippen molar-refractivity contribution in [1.29, 1.82) is 0 Å². The number of amides is 3. The molecule has 0 bridgehead atoms. The zero-order valence-corrected chi connectivity index (χ0v) is 21.9. The minimum Gasteiger partial charge on any atom is -0.480 e. The number of carboxylic acids is 1. The van der Waals surface area contributed by atoms with Gasteiger partial charge in [0.15, 0.2) is 0 Å². The van der Waals surface area contributed by atoms with Crippen molar-refractivity contribution in [3.8, 4) is 5.75 Å². The van der Waals surface area contributed by atoms with Gasteiger partial charge in [0.2, 0.25) is 5.91 Å². The normalized spacial score (nSPS) is 11.0. The van der Waals surface area contributed by atoms with E-state index in [1.54, 1.807) is 42.5 Å². The summed E-state index contributed by atoms with van der Waals surface area (Å²) in [6, 6.07) is 22.9. The lowest BCUT2D eigenvalue weighted by Crippen LogP contribution is -2.49. The molecule has 3 aromatic rings. The maximum Gasteiger partial charge on any atom is 0.514 e. The van der Waals surface area contributed by atoms with Crippen LogP contribution in [0.15, 0.2) is 84.9 Å². The molecular formula is C29H29N3O9. The van der Waals surface area contributed by atoms with Gasteiger partial charge in [-0.3, -0.25) is 14.4 Å². The number of imide groups is 1. The first-order valence-corrected chi connectivity index (χ1v) is 12.4. The van der Waals surface area contributed by atoms with Crippen molar-refractivity contribution in [1.82, 2.24) is 10.2 Å². The fourth-order valence-electron chi connectivity index (χ4n) is 3.46. The van der Waals surface area contributed by atoms with Crippen molar-refractivity contribution in [3.63, 3.8) is 0 Å². The molecule has 4 N–H and O–H groups in total. The van der Waals surface area contributed by atoms with Crippen LogP contribution in [0.3, 0.4) is 0 Å². The highest BCUT2D eigenvalue weighted by Crippen LogP contribution is 2.15. The van der Waals surface area contributed by atoms with Gasteiger partial charge in [-0.15, -0.1) is 0 Å². The highest BCUT2D eigenvalue weighted by molar-refractivity contribution is 5.97. The molecule has 3 amide bonds. The van der Waals surface area contributed by atoms with E-state index in [0.717, 1.165) is 5.56 Å². The second-order valence-corrected chi connectivity index (χ2v) is 8.71. The lowest BCUT2D eigenvalue weighted by molar-refractivity contribution is -0.143. The van der Waals surface area contributed by atoms with Gasteiger partial charge in [0.1, 0.15) is 25.5 Å². The SMILES string of the molecule is NC(Cc1ccc(OC(=O)OCc2ccccc2)cc1)C(=O)NCC(=O)N(CC(=O)O)C(=O)OCc1ccccc1. The standard InChI is InChI=1S/C29H29N3O9/c30-24(15-20-11-13-23(14-12-20)41-29(38)40-19-22-9-5-2-6-10-22)27(36)31-16-25(33)32(17-26(34)35)28(37)39-18-21-7-3-1-4-8-21/h1-14,24H,15-19,30H2,(H,31,36)(H,34,35). The Morgan fingerprint density at radius 3 is 1.90 bits per heavy atom. The molecule has 3 aromatic carbocycles. The van der Waals surface area contributed by atoms with E-state index in [1.165, 1.54) is 12.1 Å². The Hall–Kier alpha value is -5.23. The van der Waals surface area contributed by atoms with E-state index in [-0.39, 0.29) is 25.4 Å². The first-order valence-electron chi connectivity index (χ1n) is 12.4. The Kier molecular flexibility index (Phi) is 11.4. The molecule has 41 heavy (non-hydrogen) atoms. The zero-order chi connectivity index (χ0) is 29.6. The summed E-state index contributed by atoms with van der Waals surface area (Å²) >= 11 is 0. The quantitative estimate of drug-likeness (QED) is 0.219. The summed E-state index contributed by atoms with van der Waals surface area (Å²) in [6.45, 7) is -1.72. The van der Waals surface area contributed by atoms with E-state index in [4.69, 9.17) is 25.1 Å². The van der Waals surface area contributed by atoms with Crippen LogP contribution in [0.4, 0.5) is 9.59 Å². The minimum absolute atomic E-state index is 0.0627. The van der Waals surface area contributed by atoms with Gasteiger partial charge in [-0.2, -0.15) is 0 Å². The molecule has 0 spiro atoms. The van der Waals surface area contributed by atoms with Gasteiger partial charge in [0, 0.05) is 0 Å². The predicted molar refractivity (Wildman–Crippen MR) is 144 cm³/mol. The molecule has 0 aliphatic carbocycles. The molecule has 0 saturated carbocycles. The van der Waals surface area contributed by atoms with Gasteiger partial charge in [-0.05, 0) is 35.2 Å². The van der Waals surface area contributed by atoms with Crippen LogP contribution in [-0.2, 0) is 43.5 Å². The number of nitrogens with two attached hydrogens (primary N) is 1. The highest BCUT2D eigenvalue weighted by Gasteiger charge is 2.26. The van der Waals surface area contributed by atoms with E-state index >= 15 is 0 Å². The fourth-order valence-corrected chi connectivity index (χ4v) is 3.46. The maximum atomic E-state index is 12.5. The molecule has 12 nitrogen and oxygen atoms in total. The monoisotopic (exact) mass is 563 g/mol. The number of ether oxygens (including phenoxy) is 3.